The van der Waals surface area contributed by atoms with Gasteiger partial charge < -0.3 is 9.04 Å². The number of quaternary nitrogens is 1. The van der Waals surface area contributed by atoms with Gasteiger partial charge in [-0.05, 0) is 12.8 Å². The summed E-state index contributed by atoms with van der Waals surface area (Å²) in [6.07, 6.45) is 5.07. The molecule has 0 rings (SSSR count). The van der Waals surface area contributed by atoms with E-state index in [2.05, 4.69) is 27.9 Å². The standard InChI is InChI=1S/C12H27NO3S/c1-5-8-12(9-6-2)13(3,4)10-7-11-17(14,15)16/h12H,5-11H2,1-4H3. The fraction of sp³-hybridized carbons (Fsp3) is 1.00. The molecule has 0 fully saturated rings. The van der Waals surface area contributed by atoms with E-state index >= 15 is 0 Å². The van der Waals surface area contributed by atoms with Gasteiger partial charge in [0.15, 0.2) is 0 Å². The molecule has 0 saturated carbocycles. The molecular formula is C12H27NO3S. The summed E-state index contributed by atoms with van der Waals surface area (Å²) in [6.45, 7) is 5.10. The van der Waals surface area contributed by atoms with Crippen molar-refractivity contribution in [3.8, 4) is 0 Å². The van der Waals surface area contributed by atoms with Crippen LogP contribution in [0.5, 0.6) is 0 Å². The zero-order valence-electron chi connectivity index (χ0n) is 11.6. The SMILES string of the molecule is CCCC(CCC)[N+](C)(C)CCCS(=O)(=O)[O-]. The predicted octanol–water partition coefficient (Wildman–Crippen LogP) is 1.97. The van der Waals surface area contributed by atoms with Crippen molar-refractivity contribution in [2.45, 2.75) is 52.0 Å². The van der Waals surface area contributed by atoms with E-state index in [0.29, 0.717) is 12.5 Å². The van der Waals surface area contributed by atoms with E-state index in [-0.39, 0.29) is 5.75 Å². The molecule has 0 amide bonds. The largest absolute Gasteiger partial charge is 0.748 e. The van der Waals surface area contributed by atoms with Crippen LogP contribution in [0.2, 0.25) is 0 Å². The molecule has 0 aliphatic carbocycles. The van der Waals surface area contributed by atoms with Gasteiger partial charge in [-0.3, -0.25) is 0 Å². The van der Waals surface area contributed by atoms with Gasteiger partial charge in [0.25, 0.3) is 0 Å². The van der Waals surface area contributed by atoms with Crippen LogP contribution in [0.1, 0.15) is 46.0 Å². The van der Waals surface area contributed by atoms with Crippen molar-refractivity contribution in [1.82, 2.24) is 0 Å². The normalized spacial score (nSPS) is 13.3. The highest BCUT2D eigenvalue weighted by molar-refractivity contribution is 7.85. The van der Waals surface area contributed by atoms with Gasteiger partial charge in [0.1, 0.15) is 0 Å². The van der Waals surface area contributed by atoms with Crippen LogP contribution in [0.4, 0.5) is 0 Å². The lowest BCUT2D eigenvalue weighted by Crippen LogP contribution is -2.49. The lowest BCUT2D eigenvalue weighted by atomic mass is 10.0. The molecule has 0 atom stereocenters. The highest BCUT2D eigenvalue weighted by atomic mass is 32.2. The third-order valence-electron chi connectivity index (χ3n) is 3.36. The van der Waals surface area contributed by atoms with Crippen molar-refractivity contribution in [3.05, 3.63) is 0 Å². The third kappa shape index (κ3) is 7.73. The van der Waals surface area contributed by atoms with Gasteiger partial charge in [0.05, 0.1) is 36.8 Å². The maximum atomic E-state index is 10.6. The summed E-state index contributed by atoms with van der Waals surface area (Å²) in [5.74, 6) is -0.236. The molecule has 0 aromatic heterocycles. The van der Waals surface area contributed by atoms with E-state index in [1.54, 1.807) is 0 Å². The van der Waals surface area contributed by atoms with Crippen LogP contribution in [0.25, 0.3) is 0 Å². The molecule has 104 valence electrons. The van der Waals surface area contributed by atoms with Crippen molar-refractivity contribution >= 4 is 10.1 Å². The first kappa shape index (κ1) is 16.9. The molecule has 0 heterocycles. The van der Waals surface area contributed by atoms with Gasteiger partial charge in [-0.25, -0.2) is 8.42 Å². The van der Waals surface area contributed by atoms with E-state index in [4.69, 9.17) is 0 Å². The minimum Gasteiger partial charge on any atom is -0.748 e. The zero-order valence-corrected chi connectivity index (χ0v) is 12.4. The van der Waals surface area contributed by atoms with Gasteiger partial charge in [0.2, 0.25) is 0 Å². The Morgan fingerprint density at radius 2 is 1.59 bits per heavy atom. The van der Waals surface area contributed by atoms with Crippen LogP contribution in [-0.4, -0.2) is 49.9 Å². The second-order valence-electron chi connectivity index (χ2n) is 5.35. The smallest absolute Gasteiger partial charge is 0.0948 e. The Bertz CT molecular complexity index is 293. The molecule has 0 aromatic rings. The first-order valence-electron chi connectivity index (χ1n) is 6.49. The molecule has 0 bridgehead atoms. The van der Waals surface area contributed by atoms with E-state index in [0.717, 1.165) is 36.7 Å². The Hall–Kier alpha value is -0.130. The molecule has 17 heavy (non-hydrogen) atoms. The topological polar surface area (TPSA) is 57.2 Å². The molecule has 0 radical (unpaired) electrons. The predicted molar refractivity (Wildman–Crippen MR) is 69.8 cm³/mol. The molecule has 5 heteroatoms. The van der Waals surface area contributed by atoms with E-state index in [1.165, 1.54) is 0 Å². The average Bonchev–Trinajstić information content (AvgIpc) is 2.15. The quantitative estimate of drug-likeness (QED) is 0.473. The molecule has 0 saturated heterocycles. The minimum atomic E-state index is -4.06. The van der Waals surface area contributed by atoms with Crippen molar-refractivity contribution in [2.24, 2.45) is 0 Å². The second-order valence-corrected chi connectivity index (χ2v) is 6.87. The first-order chi connectivity index (χ1) is 7.73. The molecule has 0 aliphatic rings. The first-order valence-corrected chi connectivity index (χ1v) is 8.07. The van der Waals surface area contributed by atoms with Crippen LogP contribution in [0.15, 0.2) is 0 Å². The van der Waals surface area contributed by atoms with E-state index in [1.807, 2.05) is 0 Å². The van der Waals surface area contributed by atoms with Gasteiger partial charge in [-0.15, -0.1) is 0 Å². The monoisotopic (exact) mass is 265 g/mol. The minimum absolute atomic E-state index is 0.236. The molecule has 0 aliphatic heterocycles. The van der Waals surface area contributed by atoms with E-state index in [9.17, 15) is 13.0 Å². The Morgan fingerprint density at radius 1 is 1.12 bits per heavy atom. The maximum Gasteiger partial charge on any atom is 0.0948 e. The Balaban J connectivity index is 4.30. The fourth-order valence-corrected chi connectivity index (χ4v) is 2.82. The van der Waals surface area contributed by atoms with Crippen molar-refractivity contribution in [3.63, 3.8) is 0 Å². The highest BCUT2D eigenvalue weighted by Gasteiger charge is 2.26. The van der Waals surface area contributed by atoms with Crippen LogP contribution < -0.4 is 0 Å². The lowest BCUT2D eigenvalue weighted by molar-refractivity contribution is -0.915. The Kier molecular flexibility index (Phi) is 7.28. The summed E-state index contributed by atoms with van der Waals surface area (Å²) in [5, 5.41) is 0. The van der Waals surface area contributed by atoms with Gasteiger partial charge >= 0.3 is 0 Å². The Morgan fingerprint density at radius 3 is 1.94 bits per heavy atom. The summed E-state index contributed by atoms with van der Waals surface area (Å²) in [4.78, 5) is 0. The van der Waals surface area contributed by atoms with Gasteiger partial charge in [-0.2, -0.15) is 0 Å². The number of hydrogen-bond donors (Lipinski definition) is 0. The summed E-state index contributed by atoms with van der Waals surface area (Å²) < 4.78 is 32.5. The molecular weight excluding hydrogens is 238 g/mol. The second kappa shape index (κ2) is 7.34. The molecule has 0 N–H and O–H groups in total. The van der Waals surface area contributed by atoms with Crippen molar-refractivity contribution in [2.75, 3.05) is 26.4 Å². The average molecular weight is 265 g/mol. The lowest BCUT2D eigenvalue weighted by Gasteiger charge is -2.38. The Labute approximate surface area is 106 Å². The molecule has 0 unspecified atom stereocenters. The fourth-order valence-electron chi connectivity index (χ4n) is 2.34. The molecule has 4 nitrogen and oxygen atoms in total. The van der Waals surface area contributed by atoms with Crippen LogP contribution in [0.3, 0.4) is 0 Å². The van der Waals surface area contributed by atoms with Crippen LogP contribution in [0, 0.1) is 0 Å². The van der Waals surface area contributed by atoms with Crippen molar-refractivity contribution in [1.29, 1.82) is 0 Å². The number of rotatable bonds is 9. The third-order valence-corrected chi connectivity index (χ3v) is 4.15. The van der Waals surface area contributed by atoms with Crippen molar-refractivity contribution < 1.29 is 17.5 Å². The number of nitrogens with zero attached hydrogens (tertiary/aromatic N) is 1. The highest BCUT2D eigenvalue weighted by Crippen LogP contribution is 2.18. The zero-order chi connectivity index (χ0) is 13.5. The summed E-state index contributed by atoms with van der Waals surface area (Å²) in [5.41, 5.74) is 0. The van der Waals surface area contributed by atoms with Crippen LogP contribution >= 0.6 is 0 Å². The van der Waals surface area contributed by atoms with Crippen LogP contribution in [-0.2, 0) is 10.1 Å². The van der Waals surface area contributed by atoms with Gasteiger partial charge in [0, 0.05) is 12.2 Å². The summed E-state index contributed by atoms with van der Waals surface area (Å²) in [7, 11) is 0.208. The van der Waals surface area contributed by atoms with Gasteiger partial charge in [-0.1, -0.05) is 26.7 Å². The molecule has 0 aromatic carbocycles. The summed E-state index contributed by atoms with van der Waals surface area (Å²) in [6, 6.07) is 0.569. The summed E-state index contributed by atoms with van der Waals surface area (Å²) >= 11 is 0. The maximum absolute atomic E-state index is 10.6. The number of hydrogen-bond acceptors (Lipinski definition) is 3. The van der Waals surface area contributed by atoms with E-state index < -0.39 is 10.1 Å². The molecule has 0 spiro atoms.